The van der Waals surface area contributed by atoms with Gasteiger partial charge in [-0.05, 0) is 43.8 Å². The number of fused-ring (bicyclic) bond motifs is 1. The molecule has 0 saturated carbocycles. The van der Waals surface area contributed by atoms with Crippen LogP contribution in [0.2, 0.25) is 0 Å². The van der Waals surface area contributed by atoms with Gasteiger partial charge < -0.3 is 13.9 Å². The Hall–Kier alpha value is -2.86. The normalized spacial score (nSPS) is 12.8. The third kappa shape index (κ3) is 3.49. The lowest BCUT2D eigenvalue weighted by Gasteiger charge is -2.14. The Morgan fingerprint density at radius 2 is 1.76 bits per heavy atom. The van der Waals surface area contributed by atoms with Crippen molar-refractivity contribution in [1.29, 1.82) is 0 Å². The summed E-state index contributed by atoms with van der Waals surface area (Å²) in [6.45, 7) is 3.67. The van der Waals surface area contributed by atoms with Crippen molar-refractivity contribution >= 4 is 0 Å². The molecule has 0 N–H and O–H groups in total. The zero-order valence-electron chi connectivity index (χ0n) is 14.2. The van der Waals surface area contributed by atoms with Crippen LogP contribution in [0.25, 0.3) is 11.5 Å². The molecule has 3 aromatic rings. The van der Waals surface area contributed by atoms with Crippen LogP contribution < -0.4 is 9.47 Å². The molecule has 1 aliphatic rings. The minimum atomic E-state index is 0.290. The van der Waals surface area contributed by atoms with Crippen molar-refractivity contribution in [2.75, 3.05) is 13.8 Å². The van der Waals surface area contributed by atoms with Crippen molar-refractivity contribution in [3.05, 3.63) is 59.5 Å². The molecule has 6 heteroatoms. The summed E-state index contributed by atoms with van der Waals surface area (Å²) >= 11 is 0. The third-order valence-corrected chi connectivity index (χ3v) is 4.06. The Morgan fingerprint density at radius 3 is 2.60 bits per heavy atom. The first kappa shape index (κ1) is 15.7. The van der Waals surface area contributed by atoms with Gasteiger partial charge in [-0.1, -0.05) is 23.8 Å². The maximum absolute atomic E-state index is 5.78. The molecule has 0 aliphatic carbocycles. The minimum Gasteiger partial charge on any atom is -0.454 e. The average Bonchev–Trinajstić information content (AvgIpc) is 3.24. The molecular formula is C19H19N3O3. The van der Waals surface area contributed by atoms with Crippen LogP contribution in [0, 0.1) is 6.92 Å². The van der Waals surface area contributed by atoms with Gasteiger partial charge in [-0.15, -0.1) is 10.2 Å². The van der Waals surface area contributed by atoms with Crippen LogP contribution in [-0.4, -0.2) is 28.9 Å². The SMILES string of the molecule is Cc1ccc(-c2nnc(CN(C)Cc3ccc4c(c3)OCO4)o2)cc1. The molecule has 128 valence electrons. The number of rotatable bonds is 5. The lowest BCUT2D eigenvalue weighted by atomic mass is 10.1. The third-order valence-electron chi connectivity index (χ3n) is 4.06. The summed E-state index contributed by atoms with van der Waals surface area (Å²) in [6, 6.07) is 14.0. The summed E-state index contributed by atoms with van der Waals surface area (Å²) < 4.78 is 16.5. The van der Waals surface area contributed by atoms with E-state index in [0.29, 0.717) is 25.1 Å². The van der Waals surface area contributed by atoms with Gasteiger partial charge in [0.1, 0.15) is 0 Å². The van der Waals surface area contributed by atoms with E-state index in [-0.39, 0.29) is 0 Å². The zero-order chi connectivity index (χ0) is 17.2. The molecule has 0 spiro atoms. The van der Waals surface area contributed by atoms with E-state index in [4.69, 9.17) is 13.9 Å². The molecule has 0 amide bonds. The Morgan fingerprint density at radius 1 is 0.960 bits per heavy atom. The van der Waals surface area contributed by atoms with E-state index in [9.17, 15) is 0 Å². The van der Waals surface area contributed by atoms with E-state index in [2.05, 4.69) is 15.1 Å². The lowest BCUT2D eigenvalue weighted by Crippen LogP contribution is -2.17. The van der Waals surface area contributed by atoms with Gasteiger partial charge in [0, 0.05) is 12.1 Å². The Labute approximate surface area is 146 Å². The maximum atomic E-state index is 5.78. The molecule has 0 saturated heterocycles. The number of benzene rings is 2. The van der Waals surface area contributed by atoms with Gasteiger partial charge in [-0.25, -0.2) is 0 Å². The van der Waals surface area contributed by atoms with Gasteiger partial charge in [-0.3, -0.25) is 4.90 Å². The predicted octanol–water partition coefficient (Wildman–Crippen LogP) is 3.41. The maximum Gasteiger partial charge on any atom is 0.247 e. The van der Waals surface area contributed by atoms with E-state index in [0.717, 1.165) is 29.2 Å². The molecule has 0 fully saturated rings. The molecule has 6 nitrogen and oxygen atoms in total. The van der Waals surface area contributed by atoms with Gasteiger partial charge in [0.05, 0.1) is 6.54 Å². The van der Waals surface area contributed by atoms with Gasteiger partial charge >= 0.3 is 0 Å². The van der Waals surface area contributed by atoms with Crippen molar-refractivity contribution in [1.82, 2.24) is 15.1 Å². The van der Waals surface area contributed by atoms with E-state index < -0.39 is 0 Å². The summed E-state index contributed by atoms with van der Waals surface area (Å²) in [7, 11) is 2.01. The molecule has 2 heterocycles. The molecule has 0 bridgehead atoms. The Bertz CT molecular complexity index is 874. The first-order valence-electron chi connectivity index (χ1n) is 8.14. The summed E-state index contributed by atoms with van der Waals surface area (Å²) in [4.78, 5) is 2.12. The number of nitrogens with zero attached hydrogens (tertiary/aromatic N) is 3. The summed E-state index contributed by atoms with van der Waals surface area (Å²) in [5.41, 5.74) is 3.28. The highest BCUT2D eigenvalue weighted by atomic mass is 16.7. The van der Waals surface area contributed by atoms with E-state index in [1.807, 2.05) is 56.4 Å². The Balaban J connectivity index is 1.41. The fourth-order valence-corrected chi connectivity index (χ4v) is 2.77. The number of ether oxygens (including phenoxy) is 2. The smallest absolute Gasteiger partial charge is 0.247 e. The molecule has 2 aromatic carbocycles. The summed E-state index contributed by atoms with van der Waals surface area (Å²) in [5, 5.41) is 8.29. The molecule has 0 unspecified atom stereocenters. The largest absolute Gasteiger partial charge is 0.454 e. The van der Waals surface area contributed by atoms with Gasteiger partial charge in [0.25, 0.3) is 0 Å². The van der Waals surface area contributed by atoms with Crippen LogP contribution in [0.4, 0.5) is 0 Å². The van der Waals surface area contributed by atoms with E-state index in [1.54, 1.807) is 0 Å². The van der Waals surface area contributed by atoms with E-state index in [1.165, 1.54) is 5.56 Å². The van der Waals surface area contributed by atoms with Gasteiger partial charge in [0.2, 0.25) is 18.6 Å². The molecular weight excluding hydrogens is 318 g/mol. The quantitative estimate of drug-likeness (QED) is 0.711. The number of aryl methyl sites for hydroxylation is 1. The molecule has 1 aliphatic heterocycles. The standard InChI is InChI=1S/C19H19N3O3/c1-13-3-6-15(7-4-13)19-21-20-18(25-19)11-22(2)10-14-5-8-16-17(9-14)24-12-23-16/h3-9H,10-12H2,1-2H3. The van der Waals surface area contributed by atoms with Crippen LogP contribution >= 0.6 is 0 Å². The molecule has 4 rings (SSSR count). The zero-order valence-corrected chi connectivity index (χ0v) is 14.2. The van der Waals surface area contributed by atoms with Crippen LogP contribution in [-0.2, 0) is 13.1 Å². The van der Waals surface area contributed by atoms with Crippen LogP contribution in [0.5, 0.6) is 11.5 Å². The van der Waals surface area contributed by atoms with Crippen molar-refractivity contribution in [3.8, 4) is 23.0 Å². The van der Waals surface area contributed by atoms with Crippen molar-refractivity contribution in [2.45, 2.75) is 20.0 Å². The van der Waals surface area contributed by atoms with Gasteiger partial charge in [-0.2, -0.15) is 0 Å². The highest BCUT2D eigenvalue weighted by molar-refractivity contribution is 5.52. The monoisotopic (exact) mass is 337 g/mol. The predicted molar refractivity (Wildman–Crippen MR) is 92.2 cm³/mol. The van der Waals surface area contributed by atoms with Crippen molar-refractivity contribution in [3.63, 3.8) is 0 Å². The second kappa shape index (κ2) is 6.57. The van der Waals surface area contributed by atoms with E-state index >= 15 is 0 Å². The van der Waals surface area contributed by atoms with Crippen LogP contribution in [0.3, 0.4) is 0 Å². The number of hydrogen-bond acceptors (Lipinski definition) is 6. The Kier molecular flexibility index (Phi) is 4.11. The van der Waals surface area contributed by atoms with Crippen molar-refractivity contribution in [2.24, 2.45) is 0 Å². The molecule has 1 aromatic heterocycles. The lowest BCUT2D eigenvalue weighted by molar-refractivity contribution is 0.174. The fourth-order valence-electron chi connectivity index (χ4n) is 2.77. The molecule has 0 atom stereocenters. The first-order valence-corrected chi connectivity index (χ1v) is 8.14. The molecule has 0 radical (unpaired) electrons. The minimum absolute atomic E-state index is 0.290. The van der Waals surface area contributed by atoms with Gasteiger partial charge in [0.15, 0.2) is 11.5 Å². The summed E-state index contributed by atoms with van der Waals surface area (Å²) in [5.74, 6) is 2.74. The first-order chi connectivity index (χ1) is 12.2. The van der Waals surface area contributed by atoms with Crippen LogP contribution in [0.15, 0.2) is 46.9 Å². The average molecular weight is 337 g/mol. The summed E-state index contributed by atoms with van der Waals surface area (Å²) in [6.07, 6.45) is 0. The second-order valence-corrected chi connectivity index (χ2v) is 6.23. The second-order valence-electron chi connectivity index (χ2n) is 6.23. The van der Waals surface area contributed by atoms with Crippen molar-refractivity contribution < 1.29 is 13.9 Å². The fraction of sp³-hybridized carbons (Fsp3) is 0.263. The molecule has 25 heavy (non-hydrogen) atoms. The number of aromatic nitrogens is 2. The highest BCUT2D eigenvalue weighted by Crippen LogP contribution is 2.32. The highest BCUT2D eigenvalue weighted by Gasteiger charge is 2.15. The topological polar surface area (TPSA) is 60.6 Å². The van der Waals surface area contributed by atoms with Crippen LogP contribution in [0.1, 0.15) is 17.0 Å². The number of hydrogen-bond donors (Lipinski definition) is 0.